The van der Waals surface area contributed by atoms with E-state index in [0.717, 1.165) is 6.07 Å². The number of benzene rings is 2. The molecule has 0 spiro atoms. The van der Waals surface area contributed by atoms with E-state index in [4.69, 9.17) is 47.7 Å². The van der Waals surface area contributed by atoms with Crippen LogP contribution in [0.15, 0.2) is 53.3 Å². The second kappa shape index (κ2) is 22.9. The highest BCUT2D eigenvalue weighted by atomic mass is 19.4. The Labute approximate surface area is 309 Å². The summed E-state index contributed by atoms with van der Waals surface area (Å²) < 4.78 is 88.4. The van der Waals surface area contributed by atoms with Crippen molar-refractivity contribution in [3.63, 3.8) is 0 Å². The summed E-state index contributed by atoms with van der Waals surface area (Å²) in [6, 6.07) is 10.9. The highest BCUT2D eigenvalue weighted by Crippen LogP contribution is 2.36. The van der Waals surface area contributed by atoms with Crippen LogP contribution in [0.3, 0.4) is 0 Å². The minimum absolute atomic E-state index is 0.00633. The first-order valence-electron chi connectivity index (χ1n) is 17.3. The van der Waals surface area contributed by atoms with Crippen LogP contribution in [0.1, 0.15) is 5.56 Å². The SMILES string of the molecule is O=C(COCCOCCOCCOCCOCCOCCOCCO)OCC1CN(c2ccc3cc(-c4ccccc4C(F)(F)F)[nH]c(=O)c3c2)C(=O)O1. The zero-order valence-electron chi connectivity index (χ0n) is 29.6. The molecule has 0 saturated carbocycles. The fourth-order valence-electron chi connectivity index (χ4n) is 5.11. The van der Waals surface area contributed by atoms with Crippen LogP contribution in [0.4, 0.5) is 23.7 Å². The van der Waals surface area contributed by atoms with Gasteiger partial charge in [-0.25, -0.2) is 9.59 Å². The Morgan fingerprint density at radius 3 is 1.91 bits per heavy atom. The van der Waals surface area contributed by atoms with Gasteiger partial charge in [0.2, 0.25) is 0 Å². The second-order valence-corrected chi connectivity index (χ2v) is 11.6. The molecule has 0 radical (unpaired) electrons. The minimum atomic E-state index is -4.61. The lowest BCUT2D eigenvalue weighted by atomic mass is 10.0. The van der Waals surface area contributed by atoms with E-state index in [0.29, 0.717) is 83.7 Å². The van der Waals surface area contributed by atoms with E-state index in [1.807, 2.05) is 0 Å². The molecule has 1 aromatic heterocycles. The highest BCUT2D eigenvalue weighted by molar-refractivity contribution is 5.94. The summed E-state index contributed by atoms with van der Waals surface area (Å²) in [5, 5.41) is 9.13. The molecule has 1 saturated heterocycles. The van der Waals surface area contributed by atoms with Crippen molar-refractivity contribution in [3.05, 3.63) is 64.4 Å². The third-order valence-corrected chi connectivity index (χ3v) is 7.66. The average molecular weight is 771 g/mol. The first-order valence-corrected chi connectivity index (χ1v) is 17.3. The van der Waals surface area contributed by atoms with E-state index >= 15 is 0 Å². The van der Waals surface area contributed by atoms with Gasteiger partial charge in [0.15, 0.2) is 6.10 Å². The van der Waals surface area contributed by atoms with Gasteiger partial charge in [-0.15, -0.1) is 0 Å². The van der Waals surface area contributed by atoms with Gasteiger partial charge in [0, 0.05) is 22.3 Å². The molecular weight excluding hydrogens is 725 g/mol. The molecule has 15 nitrogen and oxygen atoms in total. The number of esters is 1. The number of nitrogens with one attached hydrogen (secondary N) is 1. The number of alkyl halides is 3. The van der Waals surface area contributed by atoms with Gasteiger partial charge in [-0.3, -0.25) is 9.69 Å². The van der Waals surface area contributed by atoms with Gasteiger partial charge in [0.1, 0.15) is 13.2 Å². The van der Waals surface area contributed by atoms with Crippen LogP contribution in [-0.4, -0.2) is 141 Å². The smallest absolute Gasteiger partial charge is 0.417 e. The molecule has 0 bridgehead atoms. The summed E-state index contributed by atoms with van der Waals surface area (Å²) in [5.74, 6) is -0.660. The number of aromatic nitrogens is 1. The number of hydrogen-bond donors (Lipinski definition) is 2. The van der Waals surface area contributed by atoms with Crippen LogP contribution in [0.25, 0.3) is 22.0 Å². The maximum Gasteiger partial charge on any atom is 0.417 e. The van der Waals surface area contributed by atoms with Crippen molar-refractivity contribution >= 4 is 28.5 Å². The molecule has 2 heterocycles. The number of aliphatic hydroxyl groups excluding tert-OH is 1. The minimum Gasteiger partial charge on any atom is -0.460 e. The van der Waals surface area contributed by atoms with Crippen molar-refractivity contribution in [3.8, 4) is 11.3 Å². The number of hydrogen-bond acceptors (Lipinski definition) is 13. The van der Waals surface area contributed by atoms with Crippen LogP contribution in [0.5, 0.6) is 0 Å². The Morgan fingerprint density at radius 1 is 0.778 bits per heavy atom. The number of ether oxygens (including phenoxy) is 9. The molecule has 18 heteroatoms. The molecule has 1 aliphatic heterocycles. The molecule has 3 aromatic rings. The van der Waals surface area contributed by atoms with Crippen LogP contribution >= 0.6 is 0 Å². The average Bonchev–Trinajstić information content (AvgIpc) is 3.54. The van der Waals surface area contributed by atoms with Gasteiger partial charge in [0.25, 0.3) is 5.56 Å². The third kappa shape index (κ3) is 14.3. The van der Waals surface area contributed by atoms with Crippen LogP contribution in [0.2, 0.25) is 0 Å². The van der Waals surface area contributed by atoms with Gasteiger partial charge in [-0.05, 0) is 29.7 Å². The number of halogens is 3. The molecule has 4 rings (SSSR count). The molecule has 2 aromatic carbocycles. The van der Waals surface area contributed by atoms with Gasteiger partial charge >= 0.3 is 18.2 Å². The lowest BCUT2D eigenvalue weighted by Gasteiger charge is -2.15. The summed E-state index contributed by atoms with van der Waals surface area (Å²) in [5.41, 5.74) is -1.34. The van der Waals surface area contributed by atoms with Crippen LogP contribution in [-0.2, 0) is 53.6 Å². The molecule has 1 unspecified atom stereocenters. The molecule has 0 aliphatic carbocycles. The van der Waals surface area contributed by atoms with E-state index in [-0.39, 0.29) is 56.2 Å². The van der Waals surface area contributed by atoms with Crippen molar-refractivity contribution in [1.29, 1.82) is 0 Å². The molecule has 1 aliphatic rings. The molecular formula is C36H45F3N2O13. The highest BCUT2D eigenvalue weighted by Gasteiger charge is 2.35. The number of rotatable bonds is 26. The number of amides is 1. The number of carbonyl (C=O) groups excluding carboxylic acids is 2. The van der Waals surface area contributed by atoms with E-state index in [1.165, 1.54) is 41.3 Å². The number of H-pyrrole nitrogens is 1. The normalized spacial score (nSPS) is 14.6. The first-order chi connectivity index (χ1) is 26.2. The second-order valence-electron chi connectivity index (χ2n) is 11.6. The number of nitrogens with zero attached hydrogens (tertiary/aromatic N) is 1. The van der Waals surface area contributed by atoms with Gasteiger partial charge in [0.05, 0.1) is 105 Å². The quantitative estimate of drug-likeness (QED) is 0.0902. The Kier molecular flexibility index (Phi) is 18.1. The van der Waals surface area contributed by atoms with Crippen molar-refractivity contribution in [2.45, 2.75) is 12.3 Å². The van der Waals surface area contributed by atoms with E-state index in [9.17, 15) is 27.6 Å². The lowest BCUT2D eigenvalue weighted by molar-refractivity contribution is -0.151. The molecule has 1 amide bonds. The van der Waals surface area contributed by atoms with Crippen molar-refractivity contribution < 1.29 is 70.5 Å². The zero-order valence-corrected chi connectivity index (χ0v) is 29.6. The number of aliphatic hydroxyl groups is 1. The fourth-order valence-corrected chi connectivity index (χ4v) is 5.11. The summed E-state index contributed by atoms with van der Waals surface area (Å²) in [6.45, 7) is 4.28. The number of carbonyl (C=O) groups is 2. The Bertz CT molecular complexity index is 1660. The Morgan fingerprint density at radius 2 is 1.33 bits per heavy atom. The summed E-state index contributed by atoms with van der Waals surface area (Å²) in [7, 11) is 0. The van der Waals surface area contributed by atoms with E-state index < -0.39 is 35.5 Å². The van der Waals surface area contributed by atoms with Gasteiger partial charge in [-0.2, -0.15) is 13.2 Å². The number of anilines is 1. The summed E-state index contributed by atoms with van der Waals surface area (Å²) in [4.78, 5) is 41.4. The standard InChI is InChI=1S/C36H45F3N2O13/c37-36(38,39)31-4-2-1-3-29(31)32-21-26-5-6-27(22-30(26)34(44)40-32)41-23-28(54-35(41)45)24-53-33(43)25-52-20-19-51-18-17-50-16-15-49-14-13-48-12-11-47-10-9-46-8-7-42/h1-6,21-22,28,42H,7-20,23-25H2,(H,40,44). The molecule has 2 N–H and O–H groups in total. The van der Waals surface area contributed by atoms with Gasteiger partial charge < -0.3 is 52.7 Å². The largest absolute Gasteiger partial charge is 0.460 e. The van der Waals surface area contributed by atoms with Crippen LogP contribution in [0, 0.1) is 0 Å². The zero-order chi connectivity index (χ0) is 38.6. The van der Waals surface area contributed by atoms with Crippen LogP contribution < -0.4 is 10.5 Å². The monoisotopic (exact) mass is 770 g/mol. The Balaban J connectivity index is 1.03. The molecule has 54 heavy (non-hydrogen) atoms. The number of aromatic amines is 1. The number of cyclic esters (lactones) is 1. The number of pyridine rings is 1. The van der Waals surface area contributed by atoms with E-state index in [1.54, 1.807) is 6.07 Å². The van der Waals surface area contributed by atoms with Gasteiger partial charge in [-0.1, -0.05) is 24.3 Å². The molecule has 1 atom stereocenters. The Hall–Kier alpha value is -4.14. The van der Waals surface area contributed by atoms with Crippen molar-refractivity contribution in [2.75, 3.05) is 117 Å². The molecule has 1 fully saturated rings. The maximum atomic E-state index is 13.6. The van der Waals surface area contributed by atoms with E-state index in [2.05, 4.69) is 4.98 Å². The maximum absolute atomic E-state index is 13.6. The summed E-state index contributed by atoms with van der Waals surface area (Å²) >= 11 is 0. The van der Waals surface area contributed by atoms with Crippen molar-refractivity contribution in [2.24, 2.45) is 0 Å². The lowest BCUT2D eigenvalue weighted by Crippen LogP contribution is -2.27. The topological polar surface area (TPSA) is 174 Å². The third-order valence-electron chi connectivity index (χ3n) is 7.66. The van der Waals surface area contributed by atoms with Crippen molar-refractivity contribution in [1.82, 2.24) is 4.98 Å². The summed E-state index contributed by atoms with van der Waals surface area (Å²) in [6.07, 6.45) is -6.11. The predicted octanol–water partition coefficient (Wildman–Crippen LogP) is 3.19. The number of fused-ring (bicyclic) bond motifs is 1. The fraction of sp³-hybridized carbons (Fsp3) is 0.528. The predicted molar refractivity (Wildman–Crippen MR) is 186 cm³/mol. The first kappa shape index (κ1) is 42.6. The molecule has 298 valence electrons.